The van der Waals surface area contributed by atoms with Gasteiger partial charge in [-0.1, -0.05) is 11.6 Å². The second-order valence-electron chi connectivity index (χ2n) is 5.34. The van der Waals surface area contributed by atoms with E-state index >= 15 is 0 Å². The quantitative estimate of drug-likeness (QED) is 0.808. The van der Waals surface area contributed by atoms with Crippen molar-refractivity contribution in [2.75, 3.05) is 6.54 Å². The zero-order valence-electron chi connectivity index (χ0n) is 11.4. The van der Waals surface area contributed by atoms with Gasteiger partial charge in [0.05, 0.1) is 12.5 Å². The van der Waals surface area contributed by atoms with Crippen LogP contribution in [0, 0.1) is 0 Å². The molecule has 2 aromatic rings. The maximum Gasteiger partial charge on any atom is 0.236 e. The van der Waals surface area contributed by atoms with Gasteiger partial charge in [0.1, 0.15) is 0 Å². The number of fused-ring (bicyclic) bond motifs is 3. The summed E-state index contributed by atoms with van der Waals surface area (Å²) in [6, 6.07) is 5.68. The average Bonchev–Trinajstić information content (AvgIpc) is 2.82. The minimum absolute atomic E-state index is 0.128. The van der Waals surface area contributed by atoms with Crippen molar-refractivity contribution in [1.29, 1.82) is 0 Å². The van der Waals surface area contributed by atoms with Crippen LogP contribution in [0.1, 0.15) is 30.0 Å². The van der Waals surface area contributed by atoms with Crippen LogP contribution in [0.3, 0.4) is 0 Å². The second kappa shape index (κ2) is 5.41. The standard InChI is InChI=1S/C15H16ClN3O2/c16-8-4-5-12-11(6-8)9-2-1-3-10(14(9)19-12)15(21)18-7-13(17)20/h4-6,10,19H,1-3,7H2,(H2,17,20)(H,18,21)/t10-/m0/s1. The molecule has 0 unspecified atom stereocenters. The Morgan fingerprint density at radius 1 is 1.43 bits per heavy atom. The summed E-state index contributed by atoms with van der Waals surface area (Å²) in [7, 11) is 0. The molecular weight excluding hydrogens is 290 g/mol. The van der Waals surface area contributed by atoms with Crippen LogP contribution in [0.2, 0.25) is 5.02 Å². The molecular formula is C15H16ClN3O2. The molecule has 0 radical (unpaired) electrons. The maximum absolute atomic E-state index is 12.2. The molecule has 1 aromatic carbocycles. The molecule has 2 amide bonds. The number of halogens is 1. The minimum Gasteiger partial charge on any atom is -0.368 e. The van der Waals surface area contributed by atoms with Crippen molar-refractivity contribution in [1.82, 2.24) is 10.3 Å². The van der Waals surface area contributed by atoms with Gasteiger partial charge in [-0.2, -0.15) is 0 Å². The molecule has 0 saturated carbocycles. The fraction of sp³-hybridized carbons (Fsp3) is 0.333. The fourth-order valence-corrected chi connectivity index (χ4v) is 3.17. The van der Waals surface area contributed by atoms with Gasteiger partial charge in [-0.25, -0.2) is 0 Å². The third-order valence-electron chi connectivity index (χ3n) is 3.92. The molecule has 1 aliphatic rings. The zero-order valence-corrected chi connectivity index (χ0v) is 12.2. The number of H-pyrrole nitrogens is 1. The summed E-state index contributed by atoms with van der Waals surface area (Å²) in [5.74, 6) is -0.963. The normalized spacial score (nSPS) is 17.5. The number of nitrogens with one attached hydrogen (secondary N) is 2. The van der Waals surface area contributed by atoms with Crippen LogP contribution in [0.25, 0.3) is 10.9 Å². The Morgan fingerprint density at radius 3 is 3.00 bits per heavy atom. The minimum atomic E-state index is -0.539. The molecule has 0 bridgehead atoms. The van der Waals surface area contributed by atoms with E-state index in [-0.39, 0.29) is 18.4 Å². The van der Waals surface area contributed by atoms with E-state index in [1.807, 2.05) is 18.2 Å². The molecule has 1 aromatic heterocycles. The second-order valence-corrected chi connectivity index (χ2v) is 5.77. The summed E-state index contributed by atoms with van der Waals surface area (Å²) in [6.45, 7) is -0.128. The van der Waals surface area contributed by atoms with Crippen LogP contribution < -0.4 is 11.1 Å². The number of primary amides is 1. The summed E-state index contributed by atoms with van der Waals surface area (Å²) < 4.78 is 0. The van der Waals surface area contributed by atoms with Gasteiger partial charge < -0.3 is 16.0 Å². The molecule has 6 heteroatoms. The van der Waals surface area contributed by atoms with E-state index < -0.39 is 5.91 Å². The molecule has 0 saturated heterocycles. The number of carbonyl (C=O) groups is 2. The summed E-state index contributed by atoms with van der Waals surface area (Å²) >= 11 is 6.06. The molecule has 0 fully saturated rings. The maximum atomic E-state index is 12.2. The number of aryl methyl sites for hydroxylation is 1. The summed E-state index contributed by atoms with van der Waals surface area (Å²) in [4.78, 5) is 26.4. The van der Waals surface area contributed by atoms with E-state index in [1.165, 1.54) is 0 Å². The van der Waals surface area contributed by atoms with Gasteiger partial charge >= 0.3 is 0 Å². The monoisotopic (exact) mass is 305 g/mol. The summed E-state index contributed by atoms with van der Waals surface area (Å²) in [5.41, 5.74) is 8.13. The highest BCUT2D eigenvalue weighted by molar-refractivity contribution is 6.31. The van der Waals surface area contributed by atoms with Crippen LogP contribution in [-0.2, 0) is 16.0 Å². The average molecular weight is 306 g/mol. The molecule has 4 N–H and O–H groups in total. The Balaban J connectivity index is 1.96. The fourth-order valence-electron chi connectivity index (χ4n) is 2.99. The number of aromatic nitrogens is 1. The number of benzene rings is 1. The molecule has 1 atom stereocenters. The first-order valence-electron chi connectivity index (χ1n) is 6.92. The van der Waals surface area contributed by atoms with Crippen LogP contribution in [0.4, 0.5) is 0 Å². The van der Waals surface area contributed by atoms with Gasteiger partial charge in [-0.3, -0.25) is 9.59 Å². The van der Waals surface area contributed by atoms with Crippen molar-refractivity contribution in [2.24, 2.45) is 5.73 Å². The highest BCUT2D eigenvalue weighted by atomic mass is 35.5. The first-order chi connectivity index (χ1) is 10.1. The lowest BCUT2D eigenvalue weighted by Crippen LogP contribution is -2.37. The van der Waals surface area contributed by atoms with Crippen LogP contribution in [0.5, 0.6) is 0 Å². The smallest absolute Gasteiger partial charge is 0.236 e. The largest absolute Gasteiger partial charge is 0.368 e. The first-order valence-corrected chi connectivity index (χ1v) is 7.30. The number of carbonyl (C=O) groups excluding carboxylic acids is 2. The molecule has 21 heavy (non-hydrogen) atoms. The lowest BCUT2D eigenvalue weighted by Gasteiger charge is -2.21. The van der Waals surface area contributed by atoms with Gasteiger partial charge in [0.15, 0.2) is 0 Å². The van der Waals surface area contributed by atoms with Gasteiger partial charge in [0.2, 0.25) is 11.8 Å². The molecule has 3 rings (SSSR count). The number of hydrogen-bond acceptors (Lipinski definition) is 2. The highest BCUT2D eigenvalue weighted by Gasteiger charge is 2.29. The lowest BCUT2D eigenvalue weighted by molar-refractivity contribution is -0.126. The summed E-state index contributed by atoms with van der Waals surface area (Å²) in [5, 5.41) is 4.35. The zero-order chi connectivity index (χ0) is 15.0. The molecule has 0 spiro atoms. The first kappa shape index (κ1) is 13.9. The Kier molecular flexibility index (Phi) is 3.59. The SMILES string of the molecule is NC(=O)CNC(=O)[C@H]1CCCc2c1[nH]c1ccc(Cl)cc21. The van der Waals surface area contributed by atoms with Crippen molar-refractivity contribution >= 4 is 34.3 Å². The van der Waals surface area contributed by atoms with Gasteiger partial charge in [-0.05, 0) is 43.0 Å². The molecule has 110 valence electrons. The lowest BCUT2D eigenvalue weighted by atomic mass is 9.86. The van der Waals surface area contributed by atoms with Crippen molar-refractivity contribution < 1.29 is 9.59 Å². The number of nitrogens with two attached hydrogens (primary N) is 1. The third-order valence-corrected chi connectivity index (χ3v) is 4.16. The topological polar surface area (TPSA) is 88.0 Å². The van der Waals surface area contributed by atoms with Crippen molar-refractivity contribution in [3.05, 3.63) is 34.5 Å². The van der Waals surface area contributed by atoms with Crippen LogP contribution in [-0.4, -0.2) is 23.3 Å². The number of aromatic amines is 1. The molecule has 1 heterocycles. The Morgan fingerprint density at radius 2 is 2.24 bits per heavy atom. The van der Waals surface area contributed by atoms with E-state index in [4.69, 9.17) is 17.3 Å². The Bertz CT molecular complexity index is 723. The molecule has 1 aliphatic carbocycles. The van der Waals surface area contributed by atoms with Crippen molar-refractivity contribution in [3.63, 3.8) is 0 Å². The summed E-state index contributed by atoms with van der Waals surface area (Å²) in [6.07, 6.45) is 2.62. The molecule has 5 nitrogen and oxygen atoms in total. The highest BCUT2D eigenvalue weighted by Crippen LogP contribution is 2.36. The predicted octanol–water partition coefficient (Wildman–Crippen LogP) is 1.84. The van der Waals surface area contributed by atoms with E-state index in [0.29, 0.717) is 5.02 Å². The Hall–Kier alpha value is -2.01. The van der Waals surface area contributed by atoms with Gasteiger partial charge in [-0.15, -0.1) is 0 Å². The van der Waals surface area contributed by atoms with Crippen molar-refractivity contribution in [3.8, 4) is 0 Å². The Labute approximate surface area is 126 Å². The van der Waals surface area contributed by atoms with E-state index in [2.05, 4.69) is 10.3 Å². The van der Waals surface area contributed by atoms with Crippen molar-refractivity contribution in [2.45, 2.75) is 25.2 Å². The predicted molar refractivity (Wildman–Crippen MR) is 81.2 cm³/mol. The van der Waals surface area contributed by atoms with Gasteiger partial charge in [0.25, 0.3) is 0 Å². The molecule has 0 aliphatic heterocycles. The third kappa shape index (κ3) is 2.61. The van der Waals surface area contributed by atoms with E-state index in [9.17, 15) is 9.59 Å². The number of rotatable bonds is 3. The van der Waals surface area contributed by atoms with Gasteiger partial charge in [0, 0.05) is 21.6 Å². The van der Waals surface area contributed by atoms with E-state index in [1.54, 1.807) is 0 Å². The van der Waals surface area contributed by atoms with Crippen LogP contribution in [0.15, 0.2) is 18.2 Å². The number of hydrogen-bond donors (Lipinski definition) is 3. The van der Waals surface area contributed by atoms with E-state index in [0.717, 1.165) is 41.4 Å². The van der Waals surface area contributed by atoms with Crippen LogP contribution >= 0.6 is 11.6 Å². The number of amides is 2.